The fraction of sp³-hybridized carbons (Fsp3) is 0.200. The van der Waals surface area contributed by atoms with Crippen LogP contribution in [0.15, 0.2) is 77.9 Å². The van der Waals surface area contributed by atoms with Gasteiger partial charge < -0.3 is 10.1 Å². The number of aliphatic imine (C=N–C) groups is 1. The Labute approximate surface area is 186 Å². The third kappa shape index (κ3) is 5.37. The van der Waals surface area contributed by atoms with Gasteiger partial charge in [-0.05, 0) is 29.7 Å². The van der Waals surface area contributed by atoms with E-state index in [9.17, 15) is 9.59 Å². The van der Waals surface area contributed by atoms with Gasteiger partial charge in [0, 0.05) is 11.8 Å². The highest BCUT2D eigenvalue weighted by atomic mass is 16.5. The van der Waals surface area contributed by atoms with Gasteiger partial charge in [-0.25, -0.2) is 4.79 Å². The quantitative estimate of drug-likeness (QED) is 0.626. The monoisotopic (exact) mass is 428 g/mol. The smallest absolute Gasteiger partial charge is 0.413 e. The maximum atomic E-state index is 12.4. The van der Waals surface area contributed by atoms with E-state index in [2.05, 4.69) is 20.6 Å². The highest BCUT2D eigenvalue weighted by molar-refractivity contribution is 6.08. The average molecular weight is 428 g/mol. The van der Waals surface area contributed by atoms with E-state index in [0.29, 0.717) is 18.1 Å². The molecule has 2 heterocycles. The number of carbonyl (C=O) groups excluding carboxylic acids is 2. The number of alkyl carbamates (subject to hydrolysis) is 1. The van der Waals surface area contributed by atoms with Crippen LogP contribution in [-0.2, 0) is 29.1 Å². The summed E-state index contributed by atoms with van der Waals surface area (Å²) in [4.78, 5) is 33.3. The Morgan fingerprint density at radius 3 is 2.53 bits per heavy atom. The first-order valence-corrected chi connectivity index (χ1v) is 10.4. The van der Waals surface area contributed by atoms with Gasteiger partial charge >= 0.3 is 6.09 Å². The molecule has 0 saturated carbocycles. The van der Waals surface area contributed by atoms with Crippen LogP contribution in [-0.4, -0.2) is 22.8 Å². The molecule has 0 radical (unpaired) electrons. The van der Waals surface area contributed by atoms with Crippen LogP contribution < -0.4 is 10.6 Å². The second-order valence-electron chi connectivity index (χ2n) is 7.56. The lowest BCUT2D eigenvalue weighted by Gasteiger charge is -2.14. The van der Waals surface area contributed by atoms with Crippen LogP contribution in [0, 0.1) is 0 Å². The molecule has 0 bridgehead atoms. The number of pyridine rings is 1. The zero-order chi connectivity index (χ0) is 22.3. The maximum Gasteiger partial charge on any atom is 0.413 e. The van der Waals surface area contributed by atoms with Crippen LogP contribution in [0.4, 0.5) is 4.79 Å². The molecule has 3 aromatic rings. The Kier molecular flexibility index (Phi) is 6.55. The molecular formula is C25H24N4O3. The number of aromatic nitrogens is 1. The SMILES string of the molecule is C[C@@H](NC(=O)Cc1cc2c(cn1)C(NC(=O)OCc1ccccc1)=NC2)c1ccccc1. The minimum atomic E-state index is -0.571. The molecule has 1 aliphatic heterocycles. The first-order chi connectivity index (χ1) is 15.6. The molecule has 0 spiro atoms. The standard InChI is InChI=1S/C25H24N4O3/c1-17(19-10-6-3-7-11-19)28-23(30)13-21-12-20-14-27-24(22(20)15-26-21)29-25(31)32-16-18-8-4-2-5-9-18/h2-12,15,17H,13-14,16H2,1H3,(H,28,30)(H,27,29,31)/t17-/m1/s1. The summed E-state index contributed by atoms with van der Waals surface area (Å²) < 4.78 is 5.25. The van der Waals surface area contributed by atoms with Gasteiger partial charge in [-0.2, -0.15) is 0 Å². The van der Waals surface area contributed by atoms with Gasteiger partial charge in [0.05, 0.1) is 24.7 Å². The highest BCUT2D eigenvalue weighted by Crippen LogP contribution is 2.19. The fourth-order valence-electron chi connectivity index (χ4n) is 3.48. The minimum absolute atomic E-state index is 0.0841. The maximum absolute atomic E-state index is 12.4. The number of rotatable bonds is 6. The van der Waals surface area contributed by atoms with Crippen molar-refractivity contribution in [2.45, 2.75) is 32.5 Å². The molecule has 2 amide bonds. The third-order valence-corrected chi connectivity index (χ3v) is 5.16. The van der Waals surface area contributed by atoms with Gasteiger partial charge in [-0.15, -0.1) is 0 Å². The molecule has 162 valence electrons. The summed E-state index contributed by atoms with van der Waals surface area (Å²) in [7, 11) is 0. The van der Waals surface area contributed by atoms with Crippen LogP contribution >= 0.6 is 0 Å². The van der Waals surface area contributed by atoms with Crippen molar-refractivity contribution in [1.82, 2.24) is 15.6 Å². The molecule has 1 aliphatic rings. The summed E-state index contributed by atoms with van der Waals surface area (Å²) in [6.07, 6.45) is 1.24. The molecule has 2 N–H and O–H groups in total. The Balaban J connectivity index is 1.31. The molecule has 0 fully saturated rings. The molecule has 1 atom stereocenters. The highest BCUT2D eigenvalue weighted by Gasteiger charge is 2.20. The van der Waals surface area contributed by atoms with Crippen LogP contribution in [0.2, 0.25) is 0 Å². The van der Waals surface area contributed by atoms with Crippen LogP contribution in [0.5, 0.6) is 0 Å². The van der Waals surface area contributed by atoms with Crippen molar-refractivity contribution in [2.24, 2.45) is 4.99 Å². The molecule has 1 aromatic heterocycles. The van der Waals surface area contributed by atoms with E-state index >= 15 is 0 Å². The molecular weight excluding hydrogens is 404 g/mol. The number of amides is 2. The van der Waals surface area contributed by atoms with E-state index in [1.807, 2.05) is 73.7 Å². The number of hydrogen-bond donors (Lipinski definition) is 2. The van der Waals surface area contributed by atoms with Crippen molar-refractivity contribution in [1.29, 1.82) is 0 Å². The molecule has 32 heavy (non-hydrogen) atoms. The normalized spacial score (nSPS) is 13.0. The van der Waals surface area contributed by atoms with E-state index in [4.69, 9.17) is 4.74 Å². The van der Waals surface area contributed by atoms with E-state index in [1.54, 1.807) is 6.20 Å². The molecule has 0 saturated heterocycles. The summed E-state index contributed by atoms with van der Waals surface area (Å²) in [5.41, 5.74) is 4.26. The van der Waals surface area contributed by atoms with Gasteiger partial charge in [0.2, 0.25) is 5.91 Å². The molecule has 0 unspecified atom stereocenters. The fourth-order valence-corrected chi connectivity index (χ4v) is 3.48. The number of carbonyl (C=O) groups is 2. The number of benzene rings is 2. The van der Waals surface area contributed by atoms with Crippen molar-refractivity contribution >= 4 is 17.8 Å². The lowest BCUT2D eigenvalue weighted by atomic mass is 10.1. The summed E-state index contributed by atoms with van der Waals surface area (Å²) in [6.45, 7) is 2.55. The van der Waals surface area contributed by atoms with Crippen LogP contribution in [0.3, 0.4) is 0 Å². The minimum Gasteiger partial charge on any atom is -0.444 e. The first kappa shape index (κ1) is 21.2. The zero-order valence-electron chi connectivity index (χ0n) is 17.7. The molecule has 2 aromatic carbocycles. The summed E-state index contributed by atoms with van der Waals surface area (Å²) in [5.74, 6) is 0.329. The summed E-state index contributed by atoms with van der Waals surface area (Å²) in [6, 6.07) is 21.0. The molecule has 0 aliphatic carbocycles. The number of nitrogens with zero attached hydrogens (tertiary/aromatic N) is 2. The average Bonchev–Trinajstić information content (AvgIpc) is 3.20. The number of nitrogens with one attached hydrogen (secondary N) is 2. The second kappa shape index (κ2) is 9.87. The summed E-state index contributed by atoms with van der Waals surface area (Å²) >= 11 is 0. The topological polar surface area (TPSA) is 92.7 Å². The second-order valence-corrected chi connectivity index (χ2v) is 7.56. The third-order valence-electron chi connectivity index (χ3n) is 5.16. The summed E-state index contributed by atoms with van der Waals surface area (Å²) in [5, 5.41) is 5.67. The van der Waals surface area contributed by atoms with Crippen molar-refractivity contribution in [3.8, 4) is 0 Å². The first-order valence-electron chi connectivity index (χ1n) is 10.4. The van der Waals surface area contributed by atoms with E-state index in [-0.39, 0.29) is 25.0 Å². The Morgan fingerprint density at radius 2 is 1.78 bits per heavy atom. The Morgan fingerprint density at radius 1 is 1.06 bits per heavy atom. The van der Waals surface area contributed by atoms with Crippen LogP contribution in [0.1, 0.15) is 40.9 Å². The lowest BCUT2D eigenvalue weighted by molar-refractivity contribution is -0.121. The van der Waals surface area contributed by atoms with Gasteiger partial charge in [0.25, 0.3) is 0 Å². The van der Waals surface area contributed by atoms with E-state index in [0.717, 1.165) is 22.3 Å². The Bertz CT molecular complexity index is 1130. The zero-order valence-corrected chi connectivity index (χ0v) is 17.7. The molecule has 7 heteroatoms. The van der Waals surface area contributed by atoms with Crippen molar-refractivity contribution in [3.63, 3.8) is 0 Å². The van der Waals surface area contributed by atoms with Gasteiger partial charge in [0.15, 0.2) is 0 Å². The Hall–Kier alpha value is -4.00. The van der Waals surface area contributed by atoms with Gasteiger partial charge in [-0.3, -0.25) is 20.1 Å². The number of fused-ring (bicyclic) bond motifs is 1. The van der Waals surface area contributed by atoms with Crippen molar-refractivity contribution < 1.29 is 14.3 Å². The van der Waals surface area contributed by atoms with E-state index < -0.39 is 6.09 Å². The largest absolute Gasteiger partial charge is 0.444 e. The predicted molar refractivity (Wildman–Crippen MR) is 121 cm³/mol. The van der Waals surface area contributed by atoms with Gasteiger partial charge in [-0.1, -0.05) is 60.7 Å². The lowest BCUT2D eigenvalue weighted by Crippen LogP contribution is -2.31. The van der Waals surface area contributed by atoms with Gasteiger partial charge in [0.1, 0.15) is 12.4 Å². The van der Waals surface area contributed by atoms with Crippen LogP contribution in [0.25, 0.3) is 0 Å². The van der Waals surface area contributed by atoms with E-state index in [1.165, 1.54) is 0 Å². The van der Waals surface area contributed by atoms with Crippen molar-refractivity contribution in [3.05, 3.63) is 101 Å². The molecule has 4 rings (SSSR count). The predicted octanol–water partition coefficient (Wildman–Crippen LogP) is 3.69. The number of hydrogen-bond acceptors (Lipinski definition) is 5. The number of amidine groups is 1. The number of ether oxygens (including phenoxy) is 1. The molecule has 7 nitrogen and oxygen atoms in total. The van der Waals surface area contributed by atoms with Crippen molar-refractivity contribution in [2.75, 3.05) is 0 Å².